The van der Waals surface area contributed by atoms with Crippen molar-refractivity contribution in [3.63, 3.8) is 0 Å². The van der Waals surface area contributed by atoms with Crippen LogP contribution in [0.4, 0.5) is 0 Å². The lowest BCUT2D eigenvalue weighted by molar-refractivity contribution is -0.118. The van der Waals surface area contributed by atoms with E-state index in [-0.39, 0.29) is 18.3 Å². The molecule has 0 saturated heterocycles. The summed E-state index contributed by atoms with van der Waals surface area (Å²) < 4.78 is 0. The Bertz CT molecular complexity index is 241. The van der Waals surface area contributed by atoms with Gasteiger partial charge in [-0.05, 0) is 39.2 Å². The molecule has 2 atom stereocenters. The van der Waals surface area contributed by atoms with Crippen molar-refractivity contribution in [3.05, 3.63) is 11.6 Å². The molecule has 88 valence electrons. The summed E-state index contributed by atoms with van der Waals surface area (Å²) in [5.41, 5.74) is 6.43. The molecule has 0 aliphatic heterocycles. The van der Waals surface area contributed by atoms with Crippen LogP contribution in [0.2, 0.25) is 0 Å². The lowest BCUT2D eigenvalue weighted by atomic mass is 10.0. The van der Waals surface area contributed by atoms with Crippen molar-refractivity contribution < 1.29 is 4.79 Å². The zero-order chi connectivity index (χ0) is 10.6. The first-order valence-corrected chi connectivity index (χ1v) is 5.33. The quantitative estimate of drug-likeness (QED) is 0.727. The lowest BCUT2D eigenvalue weighted by Crippen LogP contribution is -2.40. The zero-order valence-electron chi connectivity index (χ0n) is 9.45. The fourth-order valence-electron chi connectivity index (χ4n) is 1.92. The number of carbonyl (C=O) groups excluding carboxylic acids is 1. The van der Waals surface area contributed by atoms with Crippen LogP contribution in [-0.4, -0.2) is 18.5 Å². The van der Waals surface area contributed by atoms with Crippen molar-refractivity contribution in [2.75, 3.05) is 6.54 Å². The van der Waals surface area contributed by atoms with E-state index in [0.29, 0.717) is 18.5 Å². The normalized spacial score (nSPS) is 25.9. The second-order valence-corrected chi connectivity index (χ2v) is 3.98. The van der Waals surface area contributed by atoms with Gasteiger partial charge in [0.2, 0.25) is 5.91 Å². The largest absolute Gasteiger partial charge is 0.349 e. The first-order valence-electron chi connectivity index (χ1n) is 5.33. The highest BCUT2D eigenvalue weighted by molar-refractivity contribution is 5.92. The number of hydrogen-bond donors (Lipinski definition) is 2. The van der Waals surface area contributed by atoms with Gasteiger partial charge in [-0.2, -0.15) is 0 Å². The van der Waals surface area contributed by atoms with Crippen LogP contribution >= 0.6 is 12.4 Å². The van der Waals surface area contributed by atoms with Crippen LogP contribution in [0, 0.1) is 5.92 Å². The minimum Gasteiger partial charge on any atom is -0.349 e. The van der Waals surface area contributed by atoms with Crippen molar-refractivity contribution in [2.45, 2.75) is 39.2 Å². The molecule has 0 bridgehead atoms. The van der Waals surface area contributed by atoms with Gasteiger partial charge in [0.1, 0.15) is 0 Å². The number of rotatable bonds is 3. The van der Waals surface area contributed by atoms with Crippen LogP contribution in [0.3, 0.4) is 0 Å². The highest BCUT2D eigenvalue weighted by Gasteiger charge is 2.27. The molecule has 1 saturated carbocycles. The van der Waals surface area contributed by atoms with Crippen molar-refractivity contribution in [2.24, 2.45) is 11.7 Å². The van der Waals surface area contributed by atoms with E-state index in [1.165, 1.54) is 6.42 Å². The number of nitrogens with two attached hydrogens (primary N) is 1. The van der Waals surface area contributed by atoms with Gasteiger partial charge in [0.15, 0.2) is 0 Å². The number of nitrogens with one attached hydrogen (secondary N) is 1. The Hall–Kier alpha value is -0.540. The standard InChI is InChI=1S/C11H20N2O.ClH/c1-3-8(2)11(14)13-10-6-4-5-9(10)7-12;/h3,9-10H,4-7,12H2,1-2H3,(H,13,14);1H/b8-3-;. The van der Waals surface area contributed by atoms with Crippen LogP contribution in [0.15, 0.2) is 11.6 Å². The van der Waals surface area contributed by atoms with Crippen LogP contribution in [0.1, 0.15) is 33.1 Å². The molecule has 3 nitrogen and oxygen atoms in total. The molecule has 1 aliphatic rings. The van der Waals surface area contributed by atoms with Gasteiger partial charge in [0.25, 0.3) is 0 Å². The third-order valence-electron chi connectivity index (χ3n) is 3.07. The van der Waals surface area contributed by atoms with Crippen LogP contribution in [-0.2, 0) is 4.79 Å². The Morgan fingerprint density at radius 1 is 1.53 bits per heavy atom. The number of carbonyl (C=O) groups is 1. The van der Waals surface area contributed by atoms with Crippen LogP contribution < -0.4 is 11.1 Å². The van der Waals surface area contributed by atoms with E-state index in [4.69, 9.17) is 5.73 Å². The first-order chi connectivity index (χ1) is 6.69. The molecule has 0 spiro atoms. The van der Waals surface area contributed by atoms with E-state index in [1.54, 1.807) is 0 Å². The smallest absolute Gasteiger partial charge is 0.246 e. The Labute approximate surface area is 97.9 Å². The second-order valence-electron chi connectivity index (χ2n) is 3.98. The Morgan fingerprint density at radius 2 is 2.20 bits per heavy atom. The molecule has 3 N–H and O–H groups in total. The average molecular weight is 233 g/mol. The summed E-state index contributed by atoms with van der Waals surface area (Å²) in [6, 6.07) is 0.294. The summed E-state index contributed by atoms with van der Waals surface area (Å²) in [7, 11) is 0. The molecule has 0 radical (unpaired) electrons. The molecule has 15 heavy (non-hydrogen) atoms. The van der Waals surface area contributed by atoms with Crippen LogP contribution in [0.25, 0.3) is 0 Å². The number of allylic oxidation sites excluding steroid dienone is 1. The highest BCUT2D eigenvalue weighted by Crippen LogP contribution is 2.24. The number of amides is 1. The maximum Gasteiger partial charge on any atom is 0.246 e. The van der Waals surface area contributed by atoms with Gasteiger partial charge in [0, 0.05) is 11.6 Å². The molecule has 2 unspecified atom stereocenters. The molecular formula is C11H21ClN2O. The van der Waals surface area contributed by atoms with Gasteiger partial charge < -0.3 is 11.1 Å². The average Bonchev–Trinajstić information content (AvgIpc) is 2.63. The molecule has 0 aromatic rings. The van der Waals surface area contributed by atoms with Crippen molar-refractivity contribution in [3.8, 4) is 0 Å². The summed E-state index contributed by atoms with van der Waals surface area (Å²) >= 11 is 0. The van der Waals surface area contributed by atoms with Gasteiger partial charge in [0.05, 0.1) is 0 Å². The predicted molar refractivity (Wildman–Crippen MR) is 65.0 cm³/mol. The second kappa shape index (κ2) is 6.85. The molecule has 1 fully saturated rings. The number of halogens is 1. The maximum atomic E-state index is 11.6. The lowest BCUT2D eigenvalue weighted by Gasteiger charge is -2.19. The minimum absolute atomic E-state index is 0. The Balaban J connectivity index is 0.00000196. The van der Waals surface area contributed by atoms with Gasteiger partial charge in [-0.25, -0.2) is 0 Å². The molecule has 0 aromatic heterocycles. The Kier molecular flexibility index (Phi) is 6.61. The summed E-state index contributed by atoms with van der Waals surface area (Å²) in [6.45, 7) is 4.39. The van der Waals surface area contributed by atoms with E-state index < -0.39 is 0 Å². The summed E-state index contributed by atoms with van der Waals surface area (Å²) in [4.78, 5) is 11.6. The number of hydrogen-bond acceptors (Lipinski definition) is 2. The van der Waals surface area contributed by atoms with Crippen molar-refractivity contribution >= 4 is 18.3 Å². The predicted octanol–water partition coefficient (Wildman–Crippen LogP) is 1.62. The molecule has 1 rings (SSSR count). The highest BCUT2D eigenvalue weighted by atomic mass is 35.5. The van der Waals surface area contributed by atoms with Gasteiger partial charge in [-0.1, -0.05) is 12.5 Å². The van der Waals surface area contributed by atoms with Crippen LogP contribution in [0.5, 0.6) is 0 Å². The Morgan fingerprint density at radius 3 is 2.73 bits per heavy atom. The molecule has 1 amide bonds. The monoisotopic (exact) mass is 232 g/mol. The zero-order valence-corrected chi connectivity index (χ0v) is 10.3. The van der Waals surface area contributed by atoms with E-state index in [9.17, 15) is 4.79 Å². The summed E-state index contributed by atoms with van der Waals surface area (Å²) in [6.07, 6.45) is 5.24. The fraction of sp³-hybridized carbons (Fsp3) is 0.727. The van der Waals surface area contributed by atoms with Crippen molar-refractivity contribution in [1.82, 2.24) is 5.32 Å². The van der Waals surface area contributed by atoms with E-state index in [1.807, 2.05) is 19.9 Å². The minimum atomic E-state index is 0. The molecule has 0 aromatic carbocycles. The van der Waals surface area contributed by atoms with Crippen molar-refractivity contribution in [1.29, 1.82) is 0 Å². The molecule has 4 heteroatoms. The van der Waals surface area contributed by atoms with E-state index in [0.717, 1.165) is 18.4 Å². The van der Waals surface area contributed by atoms with Gasteiger partial charge in [-0.15, -0.1) is 12.4 Å². The maximum absolute atomic E-state index is 11.6. The molecular weight excluding hydrogens is 212 g/mol. The van der Waals surface area contributed by atoms with Gasteiger partial charge >= 0.3 is 0 Å². The topological polar surface area (TPSA) is 55.1 Å². The fourth-order valence-corrected chi connectivity index (χ4v) is 1.92. The third-order valence-corrected chi connectivity index (χ3v) is 3.07. The summed E-state index contributed by atoms with van der Waals surface area (Å²) in [5, 5.41) is 3.04. The first kappa shape index (κ1) is 14.5. The third kappa shape index (κ3) is 3.84. The summed E-state index contributed by atoms with van der Waals surface area (Å²) in [5.74, 6) is 0.529. The van der Waals surface area contributed by atoms with E-state index in [2.05, 4.69) is 5.32 Å². The molecule has 0 heterocycles. The van der Waals surface area contributed by atoms with Gasteiger partial charge in [-0.3, -0.25) is 4.79 Å². The molecule has 1 aliphatic carbocycles. The SMILES string of the molecule is C/C=C(/C)C(=O)NC1CCCC1CN.Cl. The van der Waals surface area contributed by atoms with E-state index >= 15 is 0 Å².